The highest BCUT2D eigenvalue weighted by atomic mass is 32.2. The van der Waals surface area contributed by atoms with E-state index in [-0.39, 0.29) is 51.3 Å². The Labute approximate surface area is 237 Å². The quantitative estimate of drug-likeness (QED) is 0.412. The van der Waals surface area contributed by atoms with Crippen molar-refractivity contribution in [3.05, 3.63) is 42.1 Å². The number of nitrogens with one attached hydrogen (secondary N) is 1. The maximum absolute atomic E-state index is 13.5. The number of carboxylic acids is 1. The van der Waals surface area contributed by atoms with Crippen LogP contribution in [-0.2, 0) is 14.3 Å². The molecule has 1 saturated heterocycles. The van der Waals surface area contributed by atoms with E-state index in [0.717, 1.165) is 18.4 Å². The number of ether oxygens (including phenoxy) is 1. The fourth-order valence-electron chi connectivity index (χ4n) is 4.80. The van der Waals surface area contributed by atoms with Gasteiger partial charge in [0.2, 0.25) is 5.91 Å². The molecule has 1 aromatic carbocycles. The molecule has 0 spiro atoms. The maximum Gasteiger partial charge on any atom is 0.409 e. The average molecular weight is 570 g/mol. The molecular formula is C28H35N5O6S. The summed E-state index contributed by atoms with van der Waals surface area (Å²) in [5, 5.41) is 13.1. The van der Waals surface area contributed by atoms with Gasteiger partial charge in [-0.25, -0.2) is 14.8 Å². The number of aliphatic carboxylic acids is 1. The standard InChI is InChI=1S/C28H35N5O6S/c1-2-39-28(38)33-16-14-32(15-17-33)27(37)21(12-13-24(34)35)30-26(36)22-18-23(40-20-10-6-7-11-20)31-25(29-22)19-8-4-3-5-9-19/h3-5,8-9,18,20-21H,2,6-7,10-17H2,1H3,(H,30,36)(H,34,35). The largest absolute Gasteiger partial charge is 0.481 e. The van der Waals surface area contributed by atoms with Crippen molar-refractivity contribution in [1.82, 2.24) is 25.1 Å². The van der Waals surface area contributed by atoms with Crippen LogP contribution in [0.15, 0.2) is 41.4 Å². The first kappa shape index (κ1) is 29.3. The molecule has 11 nitrogen and oxygen atoms in total. The summed E-state index contributed by atoms with van der Waals surface area (Å²) in [6, 6.07) is 9.96. The SMILES string of the molecule is CCOC(=O)N1CCN(C(=O)C(CCC(=O)O)NC(=O)c2cc(SC3CCCC3)nc(-c3ccccc3)n2)CC1. The molecule has 214 valence electrons. The van der Waals surface area contributed by atoms with E-state index in [0.29, 0.717) is 16.1 Å². The highest BCUT2D eigenvalue weighted by molar-refractivity contribution is 7.99. The van der Waals surface area contributed by atoms with Gasteiger partial charge in [-0.1, -0.05) is 43.2 Å². The van der Waals surface area contributed by atoms with Crippen molar-refractivity contribution < 1.29 is 29.0 Å². The van der Waals surface area contributed by atoms with E-state index in [2.05, 4.69) is 10.3 Å². The number of piperazine rings is 1. The van der Waals surface area contributed by atoms with Crippen LogP contribution in [0.4, 0.5) is 4.79 Å². The lowest BCUT2D eigenvalue weighted by atomic mass is 10.1. The van der Waals surface area contributed by atoms with Crippen LogP contribution in [0.5, 0.6) is 0 Å². The molecular weight excluding hydrogens is 534 g/mol. The van der Waals surface area contributed by atoms with Crippen molar-refractivity contribution in [1.29, 1.82) is 0 Å². The second-order valence-electron chi connectivity index (χ2n) is 9.78. The number of thioether (sulfide) groups is 1. The fourth-order valence-corrected chi connectivity index (χ4v) is 6.03. The Balaban J connectivity index is 1.52. The lowest BCUT2D eigenvalue weighted by Gasteiger charge is -2.35. The van der Waals surface area contributed by atoms with Gasteiger partial charge in [0.15, 0.2) is 5.82 Å². The molecule has 1 atom stereocenters. The first-order chi connectivity index (χ1) is 19.3. The minimum absolute atomic E-state index is 0.0711. The number of carbonyl (C=O) groups is 4. The number of carboxylic acid groups (broad SMARTS) is 1. The van der Waals surface area contributed by atoms with Crippen molar-refractivity contribution in [2.75, 3.05) is 32.8 Å². The Kier molecular flexibility index (Phi) is 10.3. The summed E-state index contributed by atoms with van der Waals surface area (Å²) in [4.78, 5) is 62.5. The number of aromatic nitrogens is 2. The van der Waals surface area contributed by atoms with Crippen molar-refractivity contribution in [2.45, 2.75) is 61.8 Å². The van der Waals surface area contributed by atoms with Crippen LogP contribution in [0.2, 0.25) is 0 Å². The van der Waals surface area contributed by atoms with Crippen molar-refractivity contribution in [3.8, 4) is 11.4 Å². The number of benzene rings is 1. The molecule has 1 unspecified atom stereocenters. The first-order valence-corrected chi connectivity index (χ1v) is 14.6. The molecule has 4 rings (SSSR count). The summed E-state index contributed by atoms with van der Waals surface area (Å²) in [7, 11) is 0. The van der Waals surface area contributed by atoms with Crippen LogP contribution in [0.25, 0.3) is 11.4 Å². The monoisotopic (exact) mass is 569 g/mol. The van der Waals surface area contributed by atoms with E-state index in [4.69, 9.17) is 9.72 Å². The maximum atomic E-state index is 13.5. The van der Waals surface area contributed by atoms with Gasteiger partial charge in [0.1, 0.15) is 16.8 Å². The topological polar surface area (TPSA) is 142 Å². The second-order valence-corrected chi connectivity index (χ2v) is 11.1. The van der Waals surface area contributed by atoms with Gasteiger partial charge in [-0.15, -0.1) is 11.8 Å². The predicted molar refractivity (Wildman–Crippen MR) is 149 cm³/mol. The molecule has 12 heteroatoms. The number of hydrogen-bond donors (Lipinski definition) is 2. The minimum atomic E-state index is -1.07. The third-order valence-electron chi connectivity index (χ3n) is 6.92. The summed E-state index contributed by atoms with van der Waals surface area (Å²) in [5.41, 5.74) is 0.887. The molecule has 1 aliphatic heterocycles. The summed E-state index contributed by atoms with van der Waals surface area (Å²) in [5.74, 6) is -1.61. The second kappa shape index (κ2) is 14.1. The third-order valence-corrected chi connectivity index (χ3v) is 8.18. The smallest absolute Gasteiger partial charge is 0.409 e. The van der Waals surface area contributed by atoms with Gasteiger partial charge in [-0.2, -0.15) is 0 Å². The lowest BCUT2D eigenvalue weighted by Crippen LogP contribution is -2.56. The highest BCUT2D eigenvalue weighted by Gasteiger charge is 2.31. The normalized spacial score (nSPS) is 16.4. The van der Waals surface area contributed by atoms with Crippen LogP contribution in [0.3, 0.4) is 0 Å². The molecule has 2 aliphatic rings. The molecule has 2 heterocycles. The molecule has 3 amide bonds. The molecule has 0 radical (unpaired) electrons. The van der Waals surface area contributed by atoms with Gasteiger partial charge >= 0.3 is 12.1 Å². The summed E-state index contributed by atoms with van der Waals surface area (Å²) >= 11 is 1.63. The van der Waals surface area contributed by atoms with E-state index >= 15 is 0 Å². The van der Waals surface area contributed by atoms with Gasteiger partial charge in [0.25, 0.3) is 5.91 Å². The molecule has 1 aromatic heterocycles. The zero-order chi connectivity index (χ0) is 28.5. The Bertz CT molecular complexity index is 1200. The zero-order valence-electron chi connectivity index (χ0n) is 22.6. The molecule has 2 N–H and O–H groups in total. The summed E-state index contributed by atoms with van der Waals surface area (Å²) < 4.78 is 5.03. The van der Waals surface area contributed by atoms with Crippen molar-refractivity contribution in [3.63, 3.8) is 0 Å². The number of carbonyl (C=O) groups excluding carboxylic acids is 3. The van der Waals surface area contributed by atoms with Crippen LogP contribution >= 0.6 is 11.8 Å². The van der Waals surface area contributed by atoms with Crippen molar-refractivity contribution >= 4 is 35.6 Å². The molecule has 0 bridgehead atoms. The minimum Gasteiger partial charge on any atom is -0.481 e. The van der Waals surface area contributed by atoms with E-state index in [1.165, 1.54) is 17.7 Å². The first-order valence-electron chi connectivity index (χ1n) is 13.7. The Morgan fingerprint density at radius 3 is 2.38 bits per heavy atom. The van der Waals surface area contributed by atoms with Gasteiger partial charge < -0.3 is 25.0 Å². The van der Waals surface area contributed by atoms with Crippen molar-refractivity contribution in [2.24, 2.45) is 0 Å². The molecule has 40 heavy (non-hydrogen) atoms. The van der Waals surface area contributed by atoms with Gasteiger partial charge in [-0.05, 0) is 26.2 Å². The summed E-state index contributed by atoms with van der Waals surface area (Å²) in [6.07, 6.45) is 3.72. The van der Waals surface area contributed by atoms with Gasteiger partial charge in [0, 0.05) is 49.5 Å². The number of amides is 3. The Hall–Kier alpha value is -3.67. The molecule has 2 fully saturated rings. The third kappa shape index (κ3) is 7.93. The molecule has 2 aromatic rings. The van der Waals surface area contributed by atoms with Gasteiger partial charge in [-0.3, -0.25) is 14.4 Å². The Morgan fingerprint density at radius 1 is 1.05 bits per heavy atom. The average Bonchev–Trinajstić information content (AvgIpc) is 3.48. The number of rotatable bonds is 10. The van der Waals surface area contributed by atoms with Crippen LogP contribution in [-0.4, -0.2) is 92.8 Å². The number of nitrogens with zero attached hydrogens (tertiary/aromatic N) is 4. The molecule has 1 aliphatic carbocycles. The van der Waals surface area contributed by atoms with Crippen LogP contribution in [0, 0.1) is 0 Å². The van der Waals surface area contributed by atoms with E-state index in [1.54, 1.807) is 29.7 Å². The predicted octanol–water partition coefficient (Wildman–Crippen LogP) is 3.44. The van der Waals surface area contributed by atoms with E-state index in [1.807, 2.05) is 30.3 Å². The van der Waals surface area contributed by atoms with Crippen LogP contribution < -0.4 is 5.32 Å². The van der Waals surface area contributed by atoms with Gasteiger partial charge in [0.05, 0.1) is 6.61 Å². The fraction of sp³-hybridized carbons (Fsp3) is 0.500. The molecule has 1 saturated carbocycles. The Morgan fingerprint density at radius 2 is 1.73 bits per heavy atom. The lowest BCUT2D eigenvalue weighted by molar-refractivity contribution is -0.138. The summed E-state index contributed by atoms with van der Waals surface area (Å²) in [6.45, 7) is 3.08. The van der Waals surface area contributed by atoms with E-state index in [9.17, 15) is 24.3 Å². The highest BCUT2D eigenvalue weighted by Crippen LogP contribution is 2.34. The van der Waals surface area contributed by atoms with E-state index < -0.39 is 29.9 Å². The number of hydrogen-bond acceptors (Lipinski definition) is 8. The van der Waals surface area contributed by atoms with Crippen LogP contribution in [0.1, 0.15) is 55.9 Å². The zero-order valence-corrected chi connectivity index (χ0v) is 23.4.